The highest BCUT2D eigenvalue weighted by Crippen LogP contribution is 2.10. The zero-order valence-corrected chi connectivity index (χ0v) is 13.8. The van der Waals surface area contributed by atoms with Crippen LogP contribution in [0.15, 0.2) is 24.3 Å². The van der Waals surface area contributed by atoms with Crippen molar-refractivity contribution >= 4 is 0 Å². The molecular formula is C19H36O. The molecule has 1 unspecified atom stereocenters. The van der Waals surface area contributed by atoms with Gasteiger partial charge < -0.3 is 5.11 Å². The van der Waals surface area contributed by atoms with E-state index in [1.807, 2.05) is 6.92 Å². The Bertz CT molecular complexity index is 230. The maximum absolute atomic E-state index is 8.88. The molecule has 1 heteroatoms. The Labute approximate surface area is 127 Å². The highest BCUT2D eigenvalue weighted by molar-refractivity contribution is 4.85. The minimum absolute atomic E-state index is 0.267. The highest BCUT2D eigenvalue weighted by atomic mass is 16.3. The highest BCUT2D eigenvalue weighted by Gasteiger charge is 1.92. The Kier molecular flexibility index (Phi) is 16.0. The maximum Gasteiger partial charge on any atom is 0.0491 e. The van der Waals surface area contributed by atoms with E-state index in [1.54, 1.807) is 0 Å². The normalized spacial score (nSPS) is 13.6. The molecule has 1 N–H and O–H groups in total. The minimum Gasteiger partial charge on any atom is -0.396 e. The third-order valence-corrected chi connectivity index (χ3v) is 3.64. The Morgan fingerprint density at radius 3 is 1.80 bits per heavy atom. The number of aliphatic hydroxyl groups excluding tert-OH is 1. The van der Waals surface area contributed by atoms with E-state index in [1.165, 1.54) is 70.6 Å². The van der Waals surface area contributed by atoms with Crippen LogP contribution in [0.5, 0.6) is 0 Å². The molecule has 0 saturated heterocycles. The van der Waals surface area contributed by atoms with Gasteiger partial charge in [-0.2, -0.15) is 0 Å². The van der Waals surface area contributed by atoms with Crippen LogP contribution in [0.25, 0.3) is 0 Å². The van der Waals surface area contributed by atoms with Gasteiger partial charge in [0.25, 0.3) is 0 Å². The number of rotatable bonds is 14. The topological polar surface area (TPSA) is 20.2 Å². The first-order chi connectivity index (χ1) is 9.81. The van der Waals surface area contributed by atoms with Crippen LogP contribution in [0.3, 0.4) is 0 Å². The third kappa shape index (κ3) is 15.5. The molecule has 20 heavy (non-hydrogen) atoms. The van der Waals surface area contributed by atoms with Crippen molar-refractivity contribution in [2.45, 2.75) is 84.5 Å². The molecule has 0 aliphatic carbocycles. The SMILES string of the molecule is CCCC/C=C/CCCCCCCC/C=C\C(C)CO. The molecule has 0 bridgehead atoms. The molecule has 0 amide bonds. The summed E-state index contributed by atoms with van der Waals surface area (Å²) in [5.74, 6) is 0.320. The lowest BCUT2D eigenvalue weighted by molar-refractivity contribution is 0.262. The van der Waals surface area contributed by atoms with Gasteiger partial charge in [-0.05, 0) is 38.0 Å². The van der Waals surface area contributed by atoms with Crippen molar-refractivity contribution in [2.24, 2.45) is 5.92 Å². The third-order valence-electron chi connectivity index (χ3n) is 3.64. The summed E-state index contributed by atoms with van der Waals surface area (Å²) in [6.07, 6.45) is 23.6. The van der Waals surface area contributed by atoms with Gasteiger partial charge in [-0.15, -0.1) is 0 Å². The first kappa shape index (κ1) is 19.4. The molecule has 0 aromatic carbocycles. The second kappa shape index (κ2) is 16.5. The van der Waals surface area contributed by atoms with Gasteiger partial charge in [0.1, 0.15) is 0 Å². The zero-order valence-electron chi connectivity index (χ0n) is 13.8. The fourth-order valence-electron chi connectivity index (χ4n) is 2.18. The molecule has 1 atom stereocenters. The van der Waals surface area contributed by atoms with Crippen LogP contribution >= 0.6 is 0 Å². The fraction of sp³-hybridized carbons (Fsp3) is 0.789. The van der Waals surface area contributed by atoms with Crippen molar-refractivity contribution in [3.8, 4) is 0 Å². The molecule has 0 saturated carbocycles. The standard InChI is InChI=1S/C19H36O/c1-3-4-5-6-7-8-9-10-11-12-13-14-15-16-17-19(2)18-20/h6-7,16-17,19-20H,3-5,8-15,18H2,1-2H3/b7-6+,17-16-. The van der Waals surface area contributed by atoms with Crippen molar-refractivity contribution in [1.82, 2.24) is 0 Å². The van der Waals surface area contributed by atoms with Crippen LogP contribution < -0.4 is 0 Å². The lowest BCUT2D eigenvalue weighted by Gasteiger charge is -2.00. The summed E-state index contributed by atoms with van der Waals surface area (Å²) in [4.78, 5) is 0. The van der Waals surface area contributed by atoms with Crippen molar-refractivity contribution in [3.63, 3.8) is 0 Å². The van der Waals surface area contributed by atoms with Crippen LogP contribution in [0.1, 0.15) is 84.5 Å². The second-order valence-corrected chi connectivity index (χ2v) is 5.90. The van der Waals surface area contributed by atoms with Gasteiger partial charge in [0.05, 0.1) is 0 Å². The number of allylic oxidation sites excluding steroid dienone is 3. The Morgan fingerprint density at radius 1 is 0.750 bits per heavy atom. The lowest BCUT2D eigenvalue weighted by Crippen LogP contribution is -1.94. The van der Waals surface area contributed by atoms with Gasteiger partial charge in [0, 0.05) is 6.61 Å². The second-order valence-electron chi connectivity index (χ2n) is 5.90. The molecule has 0 aromatic heterocycles. The molecule has 0 spiro atoms. The summed E-state index contributed by atoms with van der Waals surface area (Å²) >= 11 is 0. The van der Waals surface area contributed by atoms with E-state index in [9.17, 15) is 0 Å². The molecule has 0 radical (unpaired) electrons. The smallest absolute Gasteiger partial charge is 0.0491 e. The summed E-state index contributed by atoms with van der Waals surface area (Å²) in [6.45, 7) is 4.56. The van der Waals surface area contributed by atoms with E-state index in [2.05, 4.69) is 31.2 Å². The molecular weight excluding hydrogens is 244 g/mol. The summed E-state index contributed by atoms with van der Waals surface area (Å²) < 4.78 is 0. The number of hydrogen-bond acceptors (Lipinski definition) is 1. The number of aliphatic hydroxyl groups is 1. The summed E-state index contributed by atoms with van der Waals surface area (Å²) in [5, 5.41) is 8.88. The van der Waals surface area contributed by atoms with Gasteiger partial charge in [-0.1, -0.05) is 76.7 Å². The predicted octanol–water partition coefficient (Wildman–Crippen LogP) is 6.04. The minimum atomic E-state index is 0.267. The first-order valence-corrected chi connectivity index (χ1v) is 8.73. The van der Waals surface area contributed by atoms with Crippen LogP contribution in [-0.4, -0.2) is 11.7 Å². The molecule has 1 nitrogen and oxygen atoms in total. The van der Waals surface area contributed by atoms with Gasteiger partial charge in [-0.3, -0.25) is 0 Å². The van der Waals surface area contributed by atoms with Crippen LogP contribution in [0.4, 0.5) is 0 Å². The van der Waals surface area contributed by atoms with Crippen molar-refractivity contribution < 1.29 is 5.11 Å². The average molecular weight is 280 g/mol. The molecule has 0 aliphatic rings. The zero-order chi connectivity index (χ0) is 14.9. The average Bonchev–Trinajstić information content (AvgIpc) is 2.47. The lowest BCUT2D eigenvalue weighted by atomic mass is 10.1. The Hall–Kier alpha value is -0.560. The number of hydrogen-bond donors (Lipinski definition) is 1. The van der Waals surface area contributed by atoms with Crippen molar-refractivity contribution in [3.05, 3.63) is 24.3 Å². The summed E-state index contributed by atoms with van der Waals surface area (Å²) in [7, 11) is 0. The molecule has 0 heterocycles. The Morgan fingerprint density at radius 2 is 1.25 bits per heavy atom. The van der Waals surface area contributed by atoms with Gasteiger partial charge in [0.15, 0.2) is 0 Å². The van der Waals surface area contributed by atoms with Crippen LogP contribution in [-0.2, 0) is 0 Å². The van der Waals surface area contributed by atoms with E-state index < -0.39 is 0 Å². The van der Waals surface area contributed by atoms with Crippen LogP contribution in [0.2, 0.25) is 0 Å². The molecule has 0 fully saturated rings. The molecule has 0 aromatic rings. The van der Waals surface area contributed by atoms with Gasteiger partial charge in [0.2, 0.25) is 0 Å². The van der Waals surface area contributed by atoms with Crippen molar-refractivity contribution in [1.29, 1.82) is 0 Å². The van der Waals surface area contributed by atoms with E-state index in [0.29, 0.717) is 5.92 Å². The fourth-order valence-corrected chi connectivity index (χ4v) is 2.18. The van der Waals surface area contributed by atoms with E-state index in [4.69, 9.17) is 5.11 Å². The van der Waals surface area contributed by atoms with Crippen LogP contribution in [0, 0.1) is 5.92 Å². The molecule has 118 valence electrons. The predicted molar refractivity (Wildman–Crippen MR) is 91.0 cm³/mol. The number of unbranched alkanes of at least 4 members (excludes halogenated alkanes) is 9. The van der Waals surface area contributed by atoms with E-state index >= 15 is 0 Å². The van der Waals surface area contributed by atoms with E-state index in [-0.39, 0.29) is 6.61 Å². The molecule has 0 aliphatic heterocycles. The quantitative estimate of drug-likeness (QED) is 0.304. The van der Waals surface area contributed by atoms with Gasteiger partial charge >= 0.3 is 0 Å². The van der Waals surface area contributed by atoms with E-state index in [0.717, 1.165) is 0 Å². The summed E-state index contributed by atoms with van der Waals surface area (Å²) in [5.41, 5.74) is 0. The molecule has 0 rings (SSSR count). The monoisotopic (exact) mass is 280 g/mol. The first-order valence-electron chi connectivity index (χ1n) is 8.73. The Balaban J connectivity index is 3.13. The largest absolute Gasteiger partial charge is 0.396 e. The maximum atomic E-state index is 8.88. The summed E-state index contributed by atoms with van der Waals surface area (Å²) in [6, 6.07) is 0. The van der Waals surface area contributed by atoms with Gasteiger partial charge in [-0.25, -0.2) is 0 Å². The van der Waals surface area contributed by atoms with Crippen molar-refractivity contribution in [2.75, 3.05) is 6.61 Å².